The monoisotopic (exact) mass is 496 g/mol. The second-order valence-corrected chi connectivity index (χ2v) is 11.1. The molecule has 2 aliphatic carbocycles. The molecule has 0 radical (unpaired) electrons. The maximum atomic E-state index is 13.4. The van der Waals surface area contributed by atoms with Gasteiger partial charge in [0.1, 0.15) is 6.04 Å². The van der Waals surface area contributed by atoms with Crippen molar-refractivity contribution in [2.75, 3.05) is 38.8 Å². The molecule has 1 aromatic carbocycles. The molecular weight excluding hydrogens is 456 g/mol. The third-order valence-corrected chi connectivity index (χ3v) is 8.72. The standard InChI is InChI=1S/C28H40N4O4/c1-30(16-17-36-2)20-8-10-21(11-9-20)31(15-14-19-6-7-19)24-5-3-4-22-23(24)18-32(28(22)35)25-12-13-26(33)29-27(25)34/h3-5,19-21,25H,6-18H2,1-2H3,(H,29,33,34). The van der Waals surface area contributed by atoms with Gasteiger partial charge < -0.3 is 19.4 Å². The minimum Gasteiger partial charge on any atom is -0.383 e. The van der Waals surface area contributed by atoms with Crippen molar-refractivity contribution < 1.29 is 19.1 Å². The van der Waals surface area contributed by atoms with E-state index in [1.54, 1.807) is 12.0 Å². The van der Waals surface area contributed by atoms with Crippen molar-refractivity contribution >= 4 is 23.4 Å². The fraction of sp³-hybridized carbons (Fsp3) is 0.679. The average Bonchev–Trinajstić information content (AvgIpc) is 3.65. The molecule has 1 unspecified atom stereocenters. The number of benzene rings is 1. The first kappa shape index (κ1) is 25.2. The number of hydrogen-bond acceptors (Lipinski definition) is 6. The number of carbonyl (C=O) groups excluding carboxylic acids is 3. The number of ether oxygens (including phenoxy) is 1. The quantitative estimate of drug-likeness (QED) is 0.502. The van der Waals surface area contributed by atoms with E-state index in [0.29, 0.717) is 30.6 Å². The van der Waals surface area contributed by atoms with Crippen LogP contribution in [-0.4, -0.2) is 79.5 Å². The van der Waals surface area contributed by atoms with Crippen LogP contribution >= 0.6 is 0 Å². The Morgan fingerprint density at radius 1 is 1.00 bits per heavy atom. The minimum absolute atomic E-state index is 0.0908. The molecule has 3 amide bonds. The zero-order chi connectivity index (χ0) is 25.2. The number of piperidine rings is 1. The molecule has 196 valence electrons. The molecule has 0 bridgehead atoms. The fourth-order valence-corrected chi connectivity index (χ4v) is 6.29. The van der Waals surface area contributed by atoms with E-state index in [1.807, 2.05) is 12.1 Å². The molecule has 36 heavy (non-hydrogen) atoms. The van der Waals surface area contributed by atoms with E-state index in [1.165, 1.54) is 32.1 Å². The number of methoxy groups -OCH3 is 1. The van der Waals surface area contributed by atoms with Gasteiger partial charge in [-0.25, -0.2) is 0 Å². The normalized spacial score (nSPS) is 26.4. The van der Waals surface area contributed by atoms with Gasteiger partial charge in [0.2, 0.25) is 11.8 Å². The number of nitrogens with one attached hydrogen (secondary N) is 1. The number of likely N-dealkylation sites (N-methyl/N-ethyl adjacent to an activating group) is 1. The molecule has 2 aliphatic heterocycles. The summed E-state index contributed by atoms with van der Waals surface area (Å²) in [7, 11) is 3.96. The third-order valence-electron chi connectivity index (χ3n) is 8.72. The van der Waals surface area contributed by atoms with Crippen molar-refractivity contribution in [2.24, 2.45) is 5.92 Å². The van der Waals surface area contributed by atoms with Gasteiger partial charge in [-0.1, -0.05) is 18.9 Å². The topological polar surface area (TPSA) is 82.2 Å². The maximum Gasteiger partial charge on any atom is 0.255 e. The van der Waals surface area contributed by atoms with Gasteiger partial charge >= 0.3 is 0 Å². The Hall–Kier alpha value is -2.45. The van der Waals surface area contributed by atoms with E-state index >= 15 is 0 Å². The molecule has 1 aromatic rings. The molecule has 1 N–H and O–H groups in total. The molecule has 5 rings (SSSR count). The van der Waals surface area contributed by atoms with Crippen molar-refractivity contribution in [3.63, 3.8) is 0 Å². The van der Waals surface area contributed by atoms with E-state index < -0.39 is 6.04 Å². The average molecular weight is 497 g/mol. The van der Waals surface area contributed by atoms with Gasteiger partial charge in [-0.15, -0.1) is 0 Å². The van der Waals surface area contributed by atoms with Crippen LogP contribution in [0.25, 0.3) is 0 Å². The highest BCUT2D eigenvalue weighted by Crippen LogP contribution is 2.39. The van der Waals surface area contributed by atoms with E-state index in [9.17, 15) is 14.4 Å². The second kappa shape index (κ2) is 10.9. The van der Waals surface area contributed by atoms with E-state index in [2.05, 4.69) is 28.2 Å². The fourth-order valence-electron chi connectivity index (χ4n) is 6.29. The summed E-state index contributed by atoms with van der Waals surface area (Å²) in [4.78, 5) is 44.3. The highest BCUT2D eigenvalue weighted by Gasteiger charge is 2.41. The number of anilines is 1. The van der Waals surface area contributed by atoms with Crippen LogP contribution in [0, 0.1) is 5.92 Å². The molecule has 8 heteroatoms. The largest absolute Gasteiger partial charge is 0.383 e. The van der Waals surface area contributed by atoms with E-state index in [-0.39, 0.29) is 24.1 Å². The highest BCUT2D eigenvalue weighted by atomic mass is 16.5. The number of amides is 3. The van der Waals surface area contributed by atoms with Crippen molar-refractivity contribution in [3.8, 4) is 0 Å². The lowest BCUT2D eigenvalue weighted by Gasteiger charge is -2.41. The first-order valence-electron chi connectivity index (χ1n) is 13.7. The summed E-state index contributed by atoms with van der Waals surface area (Å²) in [5.74, 6) is 0.139. The lowest BCUT2D eigenvalue weighted by molar-refractivity contribution is -0.136. The number of imide groups is 1. The number of nitrogens with zero attached hydrogens (tertiary/aromatic N) is 3. The van der Waals surface area contributed by atoms with Crippen molar-refractivity contribution in [2.45, 2.75) is 82.5 Å². The molecule has 1 saturated heterocycles. The molecule has 3 fully saturated rings. The zero-order valence-corrected chi connectivity index (χ0v) is 21.7. The Labute approximate surface area is 214 Å². The molecule has 8 nitrogen and oxygen atoms in total. The summed E-state index contributed by atoms with van der Waals surface area (Å²) in [6, 6.07) is 6.54. The van der Waals surface area contributed by atoms with Gasteiger partial charge in [-0.3, -0.25) is 19.7 Å². The minimum atomic E-state index is -0.576. The first-order chi connectivity index (χ1) is 17.5. The summed E-state index contributed by atoms with van der Waals surface area (Å²) < 4.78 is 5.27. The SMILES string of the molecule is COCCN(C)C1CCC(N(CCC2CC2)c2cccc3c2CN(C2CCC(=O)NC2=O)C3=O)CC1. The van der Waals surface area contributed by atoms with Crippen LogP contribution in [-0.2, 0) is 20.9 Å². The Balaban J connectivity index is 1.34. The van der Waals surface area contributed by atoms with Crippen LogP contribution < -0.4 is 10.2 Å². The number of carbonyl (C=O) groups is 3. The molecule has 1 atom stereocenters. The highest BCUT2D eigenvalue weighted by molar-refractivity contribution is 6.06. The maximum absolute atomic E-state index is 13.4. The molecular formula is C28H40N4O4. The molecule has 4 aliphatic rings. The number of rotatable bonds is 10. The van der Waals surface area contributed by atoms with Crippen LogP contribution in [0.1, 0.15) is 73.7 Å². The van der Waals surface area contributed by atoms with Crippen LogP contribution in [0.3, 0.4) is 0 Å². The Morgan fingerprint density at radius 2 is 1.75 bits per heavy atom. The van der Waals surface area contributed by atoms with E-state index in [0.717, 1.165) is 49.7 Å². The van der Waals surface area contributed by atoms with Gasteiger partial charge in [0.05, 0.1) is 6.61 Å². The van der Waals surface area contributed by atoms with E-state index in [4.69, 9.17) is 4.74 Å². The van der Waals surface area contributed by atoms with Crippen LogP contribution in [0.5, 0.6) is 0 Å². The predicted molar refractivity (Wildman–Crippen MR) is 138 cm³/mol. The Bertz CT molecular complexity index is 986. The first-order valence-corrected chi connectivity index (χ1v) is 13.7. The zero-order valence-electron chi connectivity index (χ0n) is 21.7. The second-order valence-electron chi connectivity index (χ2n) is 11.1. The lowest BCUT2D eigenvalue weighted by Crippen LogP contribution is -2.52. The van der Waals surface area contributed by atoms with Crippen molar-refractivity contribution in [3.05, 3.63) is 29.3 Å². The van der Waals surface area contributed by atoms with Gasteiger partial charge in [-0.05, 0) is 63.6 Å². The van der Waals surface area contributed by atoms with Crippen LogP contribution in [0.2, 0.25) is 0 Å². The molecule has 0 aromatic heterocycles. The number of fused-ring (bicyclic) bond motifs is 1. The summed E-state index contributed by atoms with van der Waals surface area (Å²) in [6.45, 7) is 3.17. The van der Waals surface area contributed by atoms with Gasteiger partial charge in [-0.2, -0.15) is 0 Å². The van der Waals surface area contributed by atoms with Gasteiger partial charge in [0.25, 0.3) is 5.91 Å². The number of hydrogen-bond donors (Lipinski definition) is 1. The lowest BCUT2D eigenvalue weighted by atomic mass is 9.88. The predicted octanol–water partition coefficient (Wildman–Crippen LogP) is 2.94. The molecule has 2 saturated carbocycles. The Kier molecular flexibility index (Phi) is 7.62. The van der Waals surface area contributed by atoms with Gasteiger partial charge in [0, 0.05) is 62.1 Å². The summed E-state index contributed by atoms with van der Waals surface area (Å²) in [6.07, 6.45) is 9.15. The van der Waals surface area contributed by atoms with Crippen LogP contribution in [0.4, 0.5) is 5.69 Å². The molecule has 2 heterocycles. The smallest absolute Gasteiger partial charge is 0.255 e. The Morgan fingerprint density at radius 3 is 2.44 bits per heavy atom. The van der Waals surface area contributed by atoms with Crippen molar-refractivity contribution in [1.82, 2.24) is 15.1 Å². The summed E-state index contributed by atoms with van der Waals surface area (Å²) >= 11 is 0. The summed E-state index contributed by atoms with van der Waals surface area (Å²) in [5.41, 5.74) is 2.91. The van der Waals surface area contributed by atoms with Gasteiger partial charge in [0.15, 0.2) is 0 Å². The molecule has 0 spiro atoms. The van der Waals surface area contributed by atoms with Crippen LogP contribution in [0.15, 0.2) is 18.2 Å². The summed E-state index contributed by atoms with van der Waals surface area (Å²) in [5, 5.41) is 2.41. The third kappa shape index (κ3) is 5.30. The van der Waals surface area contributed by atoms with Crippen molar-refractivity contribution in [1.29, 1.82) is 0 Å².